The van der Waals surface area contributed by atoms with Crippen molar-refractivity contribution in [2.24, 2.45) is 0 Å². The van der Waals surface area contributed by atoms with Crippen molar-refractivity contribution in [1.29, 1.82) is 0 Å². The molecule has 0 saturated heterocycles. The average Bonchev–Trinajstić information content (AvgIpc) is 2.87. The smallest absolute Gasteiger partial charge is 0.306 e. The average molecular weight is 487 g/mol. The number of benzene rings is 1. The lowest BCUT2D eigenvalue weighted by atomic mass is 10.1. The van der Waals surface area contributed by atoms with E-state index >= 15 is 0 Å². The van der Waals surface area contributed by atoms with Crippen molar-refractivity contribution in [3.63, 3.8) is 0 Å². The Labute approximate surface area is 214 Å². The Morgan fingerprint density at radius 3 is 1.69 bits per heavy atom. The molecule has 4 heteroatoms. The van der Waals surface area contributed by atoms with Crippen molar-refractivity contribution in [2.75, 3.05) is 13.2 Å². The van der Waals surface area contributed by atoms with Crippen molar-refractivity contribution in [2.45, 2.75) is 122 Å². The lowest BCUT2D eigenvalue weighted by Gasteiger charge is -2.06. The first-order valence-corrected chi connectivity index (χ1v) is 14.2. The van der Waals surface area contributed by atoms with Crippen LogP contribution in [0.15, 0.2) is 36.4 Å². The second-order valence-electron chi connectivity index (χ2n) is 9.52. The standard InChI is InChI=1S/C31H50O4/c1-2-3-4-5-6-7-8-11-14-20-27-34-30(32)25-18-12-9-10-13-19-26-31(33)35-28-21-24-29-22-16-15-17-23-29/h15-17,21-24H,2-14,18-20,25-28H2,1H3/b24-21+. The minimum Gasteiger partial charge on any atom is -0.466 e. The van der Waals surface area contributed by atoms with Gasteiger partial charge >= 0.3 is 11.9 Å². The molecule has 0 unspecified atom stereocenters. The molecule has 198 valence electrons. The van der Waals surface area contributed by atoms with E-state index < -0.39 is 0 Å². The summed E-state index contributed by atoms with van der Waals surface area (Å²) >= 11 is 0. The second-order valence-corrected chi connectivity index (χ2v) is 9.52. The lowest BCUT2D eigenvalue weighted by molar-refractivity contribution is -0.144. The highest BCUT2D eigenvalue weighted by atomic mass is 16.5. The molecule has 1 aromatic rings. The van der Waals surface area contributed by atoms with Crippen LogP contribution in [0.5, 0.6) is 0 Å². The van der Waals surface area contributed by atoms with Gasteiger partial charge in [-0.15, -0.1) is 0 Å². The number of hydrogen-bond acceptors (Lipinski definition) is 4. The SMILES string of the molecule is CCCCCCCCCCCCOC(=O)CCCCCCCCC(=O)OC/C=C/c1ccccc1. The van der Waals surface area contributed by atoms with Crippen LogP contribution < -0.4 is 0 Å². The van der Waals surface area contributed by atoms with Crippen molar-refractivity contribution in [3.05, 3.63) is 42.0 Å². The highest BCUT2D eigenvalue weighted by Gasteiger charge is 2.04. The van der Waals surface area contributed by atoms with E-state index in [4.69, 9.17) is 9.47 Å². The first-order valence-electron chi connectivity index (χ1n) is 14.2. The molecule has 0 amide bonds. The van der Waals surface area contributed by atoms with Crippen LogP contribution in [0.3, 0.4) is 0 Å². The monoisotopic (exact) mass is 486 g/mol. The molecule has 1 rings (SSSR count). The zero-order chi connectivity index (χ0) is 25.2. The van der Waals surface area contributed by atoms with Gasteiger partial charge in [0.1, 0.15) is 6.61 Å². The van der Waals surface area contributed by atoms with Gasteiger partial charge in [-0.25, -0.2) is 0 Å². The van der Waals surface area contributed by atoms with Gasteiger partial charge in [-0.05, 0) is 30.9 Å². The molecule has 0 spiro atoms. The third-order valence-corrected chi connectivity index (χ3v) is 6.22. The summed E-state index contributed by atoms with van der Waals surface area (Å²) in [4.78, 5) is 23.6. The first-order chi connectivity index (χ1) is 17.2. The fourth-order valence-electron chi connectivity index (χ4n) is 4.06. The Morgan fingerprint density at radius 2 is 1.11 bits per heavy atom. The molecule has 0 saturated carbocycles. The molecule has 1 aromatic carbocycles. The summed E-state index contributed by atoms with van der Waals surface area (Å²) < 4.78 is 10.6. The Hall–Kier alpha value is -2.10. The molecule has 0 aliphatic carbocycles. The molecular weight excluding hydrogens is 436 g/mol. The summed E-state index contributed by atoms with van der Waals surface area (Å²) in [6.07, 6.45) is 23.8. The van der Waals surface area contributed by atoms with Crippen LogP contribution in [0.4, 0.5) is 0 Å². The maximum absolute atomic E-state index is 11.8. The van der Waals surface area contributed by atoms with E-state index in [2.05, 4.69) is 6.92 Å². The van der Waals surface area contributed by atoms with Crippen molar-refractivity contribution < 1.29 is 19.1 Å². The molecule has 0 aromatic heterocycles. The maximum atomic E-state index is 11.8. The van der Waals surface area contributed by atoms with Gasteiger partial charge in [0.15, 0.2) is 0 Å². The Morgan fingerprint density at radius 1 is 0.629 bits per heavy atom. The summed E-state index contributed by atoms with van der Waals surface area (Å²) in [7, 11) is 0. The molecule has 4 nitrogen and oxygen atoms in total. The van der Waals surface area contributed by atoms with E-state index in [9.17, 15) is 9.59 Å². The van der Waals surface area contributed by atoms with Crippen LogP contribution in [-0.4, -0.2) is 25.2 Å². The quantitative estimate of drug-likeness (QED) is 0.114. The predicted molar refractivity (Wildman–Crippen MR) is 146 cm³/mol. The number of carbonyl (C=O) groups excluding carboxylic acids is 2. The summed E-state index contributed by atoms with van der Waals surface area (Å²) in [5.41, 5.74) is 1.10. The highest BCUT2D eigenvalue weighted by molar-refractivity contribution is 5.69. The number of rotatable bonds is 23. The number of ether oxygens (including phenoxy) is 2. The van der Waals surface area contributed by atoms with Gasteiger partial charge in [0.25, 0.3) is 0 Å². The number of hydrogen-bond donors (Lipinski definition) is 0. The van der Waals surface area contributed by atoms with Gasteiger partial charge in [0, 0.05) is 12.8 Å². The Balaban J connectivity index is 1.80. The van der Waals surface area contributed by atoms with E-state index in [1.807, 2.05) is 42.5 Å². The normalized spacial score (nSPS) is 11.1. The Kier molecular flexibility index (Phi) is 20.9. The van der Waals surface area contributed by atoms with E-state index in [1.54, 1.807) is 0 Å². The van der Waals surface area contributed by atoms with Crippen LogP contribution >= 0.6 is 0 Å². The van der Waals surface area contributed by atoms with Crippen molar-refractivity contribution in [1.82, 2.24) is 0 Å². The summed E-state index contributed by atoms with van der Waals surface area (Å²) in [5.74, 6) is -0.183. The molecule has 35 heavy (non-hydrogen) atoms. The van der Waals surface area contributed by atoms with Crippen molar-refractivity contribution in [3.8, 4) is 0 Å². The molecule has 0 aliphatic rings. The van der Waals surface area contributed by atoms with Crippen LogP contribution in [0.25, 0.3) is 6.08 Å². The van der Waals surface area contributed by atoms with Gasteiger partial charge in [-0.3, -0.25) is 9.59 Å². The van der Waals surface area contributed by atoms with Gasteiger partial charge in [0.2, 0.25) is 0 Å². The number of esters is 2. The first kappa shape index (κ1) is 30.9. The lowest BCUT2D eigenvalue weighted by Crippen LogP contribution is -2.05. The summed E-state index contributed by atoms with van der Waals surface area (Å²) in [6.45, 7) is 3.16. The fraction of sp³-hybridized carbons (Fsp3) is 0.677. The maximum Gasteiger partial charge on any atom is 0.306 e. The zero-order valence-corrected chi connectivity index (χ0v) is 22.3. The van der Waals surface area contributed by atoms with E-state index in [1.165, 1.54) is 57.8 Å². The largest absolute Gasteiger partial charge is 0.466 e. The van der Waals surface area contributed by atoms with Gasteiger partial charge < -0.3 is 9.47 Å². The minimum absolute atomic E-state index is 0.0509. The molecule has 0 N–H and O–H groups in total. The minimum atomic E-state index is -0.132. The predicted octanol–water partition coefficient (Wildman–Crippen LogP) is 8.83. The summed E-state index contributed by atoms with van der Waals surface area (Å²) in [5, 5.41) is 0. The third kappa shape index (κ3) is 20.9. The zero-order valence-electron chi connectivity index (χ0n) is 22.3. The van der Waals surface area contributed by atoms with Gasteiger partial charge in [-0.2, -0.15) is 0 Å². The fourth-order valence-corrected chi connectivity index (χ4v) is 4.06. The van der Waals surface area contributed by atoms with E-state index in [0.29, 0.717) is 26.1 Å². The van der Waals surface area contributed by atoms with Crippen molar-refractivity contribution >= 4 is 18.0 Å². The van der Waals surface area contributed by atoms with Crippen LogP contribution in [0, 0.1) is 0 Å². The molecule has 0 fully saturated rings. The number of carbonyl (C=O) groups is 2. The van der Waals surface area contributed by atoms with Gasteiger partial charge in [-0.1, -0.05) is 127 Å². The molecular formula is C31H50O4. The third-order valence-electron chi connectivity index (χ3n) is 6.22. The number of unbranched alkanes of at least 4 members (excludes halogenated alkanes) is 14. The van der Waals surface area contributed by atoms with E-state index in [0.717, 1.165) is 50.5 Å². The Bertz CT molecular complexity index is 653. The van der Waals surface area contributed by atoms with E-state index in [-0.39, 0.29) is 11.9 Å². The molecule has 0 aliphatic heterocycles. The summed E-state index contributed by atoms with van der Waals surface area (Å²) in [6, 6.07) is 9.97. The molecule has 0 radical (unpaired) electrons. The molecule has 0 bridgehead atoms. The molecule has 0 atom stereocenters. The molecule has 0 heterocycles. The van der Waals surface area contributed by atoms with Crippen LogP contribution in [0.2, 0.25) is 0 Å². The van der Waals surface area contributed by atoms with Crippen LogP contribution in [-0.2, 0) is 19.1 Å². The second kappa shape index (κ2) is 23.6. The van der Waals surface area contributed by atoms with Crippen LogP contribution in [0.1, 0.15) is 128 Å². The van der Waals surface area contributed by atoms with Gasteiger partial charge in [0.05, 0.1) is 6.61 Å². The topological polar surface area (TPSA) is 52.6 Å². The highest BCUT2D eigenvalue weighted by Crippen LogP contribution is 2.12.